The molecule has 2 heterocycles. The van der Waals surface area contributed by atoms with Gasteiger partial charge in [-0.15, -0.1) is 11.3 Å². The molecule has 2 aromatic rings. The Labute approximate surface area is 110 Å². The van der Waals surface area contributed by atoms with Gasteiger partial charge in [0, 0.05) is 4.88 Å². The SMILES string of the molecule is Clc1cccc(NC2CCCc3sccc32)n1. The molecule has 4 heteroatoms. The highest BCUT2D eigenvalue weighted by molar-refractivity contribution is 7.10. The summed E-state index contributed by atoms with van der Waals surface area (Å²) in [5.74, 6) is 0.863. The van der Waals surface area contributed by atoms with Crippen LogP contribution in [0.15, 0.2) is 29.6 Å². The quantitative estimate of drug-likeness (QED) is 0.819. The van der Waals surface area contributed by atoms with Crippen LogP contribution in [-0.2, 0) is 6.42 Å². The summed E-state index contributed by atoms with van der Waals surface area (Å²) in [4.78, 5) is 5.79. The van der Waals surface area contributed by atoms with E-state index in [1.807, 2.05) is 23.5 Å². The number of hydrogen-bond acceptors (Lipinski definition) is 3. The van der Waals surface area contributed by atoms with Gasteiger partial charge >= 0.3 is 0 Å². The number of hydrogen-bond donors (Lipinski definition) is 1. The van der Waals surface area contributed by atoms with E-state index in [4.69, 9.17) is 11.6 Å². The second-order valence-corrected chi connectivity index (χ2v) is 5.62. The van der Waals surface area contributed by atoms with Crippen LogP contribution >= 0.6 is 22.9 Å². The first kappa shape index (κ1) is 11.1. The van der Waals surface area contributed by atoms with Crippen molar-refractivity contribution in [2.75, 3.05) is 5.32 Å². The first-order valence-corrected chi connectivity index (χ1v) is 7.04. The molecule has 0 aromatic carbocycles. The summed E-state index contributed by atoms with van der Waals surface area (Å²) >= 11 is 7.75. The zero-order valence-electron chi connectivity index (χ0n) is 9.32. The average Bonchev–Trinajstić information content (AvgIpc) is 2.78. The van der Waals surface area contributed by atoms with Crippen molar-refractivity contribution in [3.63, 3.8) is 0 Å². The molecule has 2 nitrogen and oxygen atoms in total. The smallest absolute Gasteiger partial charge is 0.131 e. The van der Waals surface area contributed by atoms with E-state index in [2.05, 4.69) is 21.7 Å². The lowest BCUT2D eigenvalue weighted by Gasteiger charge is -2.24. The van der Waals surface area contributed by atoms with Crippen LogP contribution in [-0.4, -0.2) is 4.98 Å². The van der Waals surface area contributed by atoms with Crippen molar-refractivity contribution in [1.82, 2.24) is 4.98 Å². The number of nitrogens with one attached hydrogen (secondary N) is 1. The molecular formula is C13H13ClN2S. The molecule has 1 aliphatic carbocycles. The topological polar surface area (TPSA) is 24.9 Å². The fourth-order valence-electron chi connectivity index (χ4n) is 2.30. The lowest BCUT2D eigenvalue weighted by atomic mass is 9.94. The molecule has 0 aliphatic heterocycles. The van der Waals surface area contributed by atoms with E-state index in [1.54, 1.807) is 6.07 Å². The highest BCUT2D eigenvalue weighted by Gasteiger charge is 2.21. The summed E-state index contributed by atoms with van der Waals surface area (Å²) in [5.41, 5.74) is 1.43. The van der Waals surface area contributed by atoms with Crippen molar-refractivity contribution in [3.8, 4) is 0 Å². The molecule has 0 fully saturated rings. The normalized spacial score (nSPS) is 18.8. The predicted molar refractivity (Wildman–Crippen MR) is 72.9 cm³/mol. The first-order valence-electron chi connectivity index (χ1n) is 5.78. The highest BCUT2D eigenvalue weighted by atomic mass is 35.5. The summed E-state index contributed by atoms with van der Waals surface area (Å²) in [6.45, 7) is 0. The van der Waals surface area contributed by atoms with Crippen LogP contribution in [0.2, 0.25) is 5.15 Å². The van der Waals surface area contributed by atoms with E-state index in [0.29, 0.717) is 11.2 Å². The van der Waals surface area contributed by atoms with Gasteiger partial charge in [0.25, 0.3) is 0 Å². The van der Waals surface area contributed by atoms with Gasteiger partial charge in [-0.1, -0.05) is 17.7 Å². The summed E-state index contributed by atoms with van der Waals surface area (Å²) in [6.07, 6.45) is 3.62. The maximum atomic E-state index is 5.89. The van der Waals surface area contributed by atoms with Gasteiger partial charge in [0.05, 0.1) is 6.04 Å². The van der Waals surface area contributed by atoms with Gasteiger partial charge in [-0.05, 0) is 48.4 Å². The van der Waals surface area contributed by atoms with E-state index in [0.717, 1.165) is 12.2 Å². The Morgan fingerprint density at radius 1 is 1.35 bits per heavy atom. The zero-order valence-corrected chi connectivity index (χ0v) is 10.9. The Hall–Kier alpha value is -1.06. The van der Waals surface area contributed by atoms with Crippen LogP contribution in [0, 0.1) is 0 Å². The molecule has 0 saturated heterocycles. The average molecular weight is 265 g/mol. The van der Waals surface area contributed by atoms with Gasteiger partial charge in [0.2, 0.25) is 0 Å². The third kappa shape index (κ3) is 2.31. The molecule has 1 aliphatic rings. The lowest BCUT2D eigenvalue weighted by Crippen LogP contribution is -2.16. The number of aromatic nitrogens is 1. The Kier molecular flexibility index (Phi) is 3.04. The van der Waals surface area contributed by atoms with Crippen molar-refractivity contribution in [2.45, 2.75) is 25.3 Å². The van der Waals surface area contributed by atoms with E-state index in [9.17, 15) is 0 Å². The molecule has 0 saturated carbocycles. The summed E-state index contributed by atoms with van der Waals surface area (Å²) in [6, 6.07) is 8.29. The van der Waals surface area contributed by atoms with Gasteiger partial charge in [0.1, 0.15) is 11.0 Å². The number of aryl methyl sites for hydroxylation is 1. The predicted octanol–water partition coefficient (Wildman–Crippen LogP) is 4.29. The number of rotatable bonds is 2. The van der Waals surface area contributed by atoms with Crippen molar-refractivity contribution in [1.29, 1.82) is 0 Å². The summed E-state index contributed by atoms with van der Waals surface area (Å²) in [7, 11) is 0. The number of nitrogens with zero attached hydrogens (tertiary/aromatic N) is 1. The van der Waals surface area contributed by atoms with E-state index >= 15 is 0 Å². The van der Waals surface area contributed by atoms with Crippen molar-refractivity contribution in [2.24, 2.45) is 0 Å². The fourth-order valence-corrected chi connectivity index (χ4v) is 3.45. The first-order chi connectivity index (χ1) is 8.33. The minimum atomic E-state index is 0.385. The number of pyridine rings is 1. The monoisotopic (exact) mass is 264 g/mol. The van der Waals surface area contributed by atoms with Gasteiger partial charge in [-0.3, -0.25) is 0 Å². The maximum absolute atomic E-state index is 5.89. The van der Waals surface area contributed by atoms with Gasteiger partial charge < -0.3 is 5.32 Å². The van der Waals surface area contributed by atoms with E-state index < -0.39 is 0 Å². The molecular weight excluding hydrogens is 252 g/mol. The van der Waals surface area contributed by atoms with E-state index in [-0.39, 0.29) is 0 Å². The number of anilines is 1. The second-order valence-electron chi connectivity index (χ2n) is 4.23. The standard InChI is InChI=1S/C13H13ClN2S/c14-12-5-2-6-13(16-12)15-10-3-1-4-11-9(10)7-8-17-11/h2,5-8,10H,1,3-4H2,(H,15,16). The molecule has 1 unspecified atom stereocenters. The third-order valence-corrected chi connectivity index (χ3v) is 4.30. The number of fused-ring (bicyclic) bond motifs is 1. The van der Waals surface area contributed by atoms with Gasteiger partial charge in [-0.2, -0.15) is 0 Å². The Balaban J connectivity index is 1.84. The molecule has 3 rings (SSSR count). The minimum absolute atomic E-state index is 0.385. The molecule has 2 aromatic heterocycles. The second kappa shape index (κ2) is 4.67. The highest BCUT2D eigenvalue weighted by Crippen LogP contribution is 2.35. The van der Waals surface area contributed by atoms with E-state index in [1.165, 1.54) is 23.3 Å². The van der Waals surface area contributed by atoms with Crippen LogP contribution in [0.5, 0.6) is 0 Å². The largest absolute Gasteiger partial charge is 0.363 e. The number of thiophene rings is 1. The van der Waals surface area contributed by atoms with Crippen LogP contribution in [0.4, 0.5) is 5.82 Å². The molecule has 0 amide bonds. The van der Waals surface area contributed by atoms with Gasteiger partial charge in [-0.25, -0.2) is 4.98 Å². The maximum Gasteiger partial charge on any atom is 0.131 e. The zero-order chi connectivity index (χ0) is 11.7. The summed E-state index contributed by atoms with van der Waals surface area (Å²) < 4.78 is 0. The Morgan fingerprint density at radius 2 is 2.29 bits per heavy atom. The number of halogens is 1. The molecule has 0 radical (unpaired) electrons. The van der Waals surface area contributed by atoms with Crippen molar-refractivity contribution < 1.29 is 0 Å². The molecule has 1 atom stereocenters. The molecule has 0 spiro atoms. The third-order valence-electron chi connectivity index (χ3n) is 3.09. The van der Waals surface area contributed by atoms with Crippen molar-refractivity contribution in [3.05, 3.63) is 45.2 Å². The lowest BCUT2D eigenvalue weighted by molar-refractivity contribution is 0.607. The summed E-state index contributed by atoms with van der Waals surface area (Å²) in [5, 5.41) is 6.19. The molecule has 1 N–H and O–H groups in total. The van der Waals surface area contributed by atoms with Crippen LogP contribution in [0.3, 0.4) is 0 Å². The van der Waals surface area contributed by atoms with Gasteiger partial charge in [0.15, 0.2) is 0 Å². The molecule has 88 valence electrons. The van der Waals surface area contributed by atoms with Crippen LogP contribution in [0.25, 0.3) is 0 Å². The molecule has 17 heavy (non-hydrogen) atoms. The van der Waals surface area contributed by atoms with Crippen LogP contribution in [0.1, 0.15) is 29.3 Å². The van der Waals surface area contributed by atoms with Crippen molar-refractivity contribution >= 4 is 28.8 Å². The Morgan fingerprint density at radius 3 is 3.18 bits per heavy atom. The fraction of sp³-hybridized carbons (Fsp3) is 0.308. The van der Waals surface area contributed by atoms with Crippen LogP contribution < -0.4 is 5.32 Å². The minimum Gasteiger partial charge on any atom is -0.363 e. The Bertz CT molecular complexity index is 524. The molecule has 0 bridgehead atoms.